The molecule has 8 heteroatoms. The first-order valence-electron chi connectivity index (χ1n) is 5.11. The minimum Gasteiger partial charge on any atom is -0.481 e. The van der Waals surface area contributed by atoms with Gasteiger partial charge in [-0.2, -0.15) is 4.98 Å². The molecule has 1 amide bonds. The number of carbonyl (C=O) groups is 1. The van der Waals surface area contributed by atoms with Crippen LogP contribution < -0.4 is 10.1 Å². The summed E-state index contributed by atoms with van der Waals surface area (Å²) in [6.07, 6.45) is 0. The zero-order valence-corrected chi connectivity index (χ0v) is 10.9. The van der Waals surface area contributed by atoms with Crippen molar-refractivity contribution in [1.82, 2.24) is 9.97 Å². The second-order valence-electron chi connectivity index (χ2n) is 3.15. The van der Waals surface area contributed by atoms with Crippen LogP contribution in [-0.2, 0) is 14.3 Å². The first-order chi connectivity index (χ1) is 8.65. The van der Waals surface area contributed by atoms with Gasteiger partial charge in [-0.1, -0.05) is 11.6 Å². The van der Waals surface area contributed by atoms with Gasteiger partial charge in [0, 0.05) is 13.2 Å². The van der Waals surface area contributed by atoms with Crippen LogP contribution in [0, 0.1) is 0 Å². The quantitative estimate of drug-likeness (QED) is 0.584. The highest BCUT2D eigenvalue weighted by molar-refractivity contribution is 6.29. The zero-order valence-electron chi connectivity index (χ0n) is 10.1. The Kier molecular flexibility index (Phi) is 6.34. The van der Waals surface area contributed by atoms with E-state index in [0.29, 0.717) is 13.2 Å². The molecule has 1 heterocycles. The molecule has 0 fully saturated rings. The molecular formula is C10H14ClN3O4. The number of ether oxygens (including phenoxy) is 3. The van der Waals surface area contributed by atoms with Gasteiger partial charge >= 0.3 is 0 Å². The Balaban J connectivity index is 2.46. The Bertz CT molecular complexity index is 403. The normalized spacial score (nSPS) is 10.2. The van der Waals surface area contributed by atoms with Crippen LogP contribution in [0.1, 0.15) is 0 Å². The standard InChI is InChI=1S/C10H14ClN3O4/c1-16-3-4-18-6-8(15)13-10-12-7(11)5-9(14-10)17-2/h5H,3-4,6H2,1-2H3,(H,12,13,14,15). The maximum atomic E-state index is 11.4. The molecule has 1 rings (SSSR count). The molecule has 0 saturated heterocycles. The highest BCUT2D eigenvalue weighted by atomic mass is 35.5. The summed E-state index contributed by atoms with van der Waals surface area (Å²) in [5.74, 6) is -0.0410. The molecule has 1 aromatic heterocycles. The first kappa shape index (κ1) is 14.6. The summed E-state index contributed by atoms with van der Waals surface area (Å²) in [6.45, 7) is 0.653. The lowest BCUT2D eigenvalue weighted by Gasteiger charge is -2.06. The van der Waals surface area contributed by atoms with Gasteiger partial charge in [-0.3, -0.25) is 10.1 Å². The summed E-state index contributed by atoms with van der Waals surface area (Å²) < 4.78 is 14.7. The fourth-order valence-electron chi connectivity index (χ4n) is 1.03. The summed E-state index contributed by atoms with van der Waals surface area (Å²) in [7, 11) is 2.99. The van der Waals surface area contributed by atoms with E-state index < -0.39 is 0 Å². The summed E-state index contributed by atoms with van der Waals surface area (Å²) in [6, 6.07) is 1.44. The van der Waals surface area contributed by atoms with Crippen molar-refractivity contribution in [2.45, 2.75) is 0 Å². The topological polar surface area (TPSA) is 82.6 Å². The van der Waals surface area contributed by atoms with Gasteiger partial charge in [0.05, 0.1) is 20.3 Å². The molecular weight excluding hydrogens is 262 g/mol. The molecule has 18 heavy (non-hydrogen) atoms. The van der Waals surface area contributed by atoms with Gasteiger partial charge in [-0.25, -0.2) is 4.98 Å². The smallest absolute Gasteiger partial charge is 0.252 e. The summed E-state index contributed by atoms with van der Waals surface area (Å²) in [5, 5.41) is 2.62. The summed E-state index contributed by atoms with van der Waals surface area (Å²) in [5.41, 5.74) is 0. The molecule has 0 saturated carbocycles. The van der Waals surface area contributed by atoms with E-state index in [-0.39, 0.29) is 29.5 Å². The first-order valence-corrected chi connectivity index (χ1v) is 5.48. The van der Waals surface area contributed by atoms with Crippen molar-refractivity contribution in [2.75, 3.05) is 39.4 Å². The van der Waals surface area contributed by atoms with Crippen LogP contribution in [0.3, 0.4) is 0 Å². The predicted octanol–water partition coefficient (Wildman–Crippen LogP) is 0.740. The van der Waals surface area contributed by atoms with Crippen LogP contribution in [0.4, 0.5) is 5.95 Å². The van der Waals surface area contributed by atoms with E-state index in [1.165, 1.54) is 13.2 Å². The Morgan fingerprint density at radius 1 is 1.39 bits per heavy atom. The largest absolute Gasteiger partial charge is 0.481 e. The molecule has 1 N–H and O–H groups in total. The van der Waals surface area contributed by atoms with Crippen molar-refractivity contribution in [3.05, 3.63) is 11.2 Å². The van der Waals surface area contributed by atoms with Gasteiger partial charge in [-0.15, -0.1) is 0 Å². The van der Waals surface area contributed by atoms with Crippen molar-refractivity contribution in [3.8, 4) is 5.88 Å². The van der Waals surface area contributed by atoms with Crippen LogP contribution >= 0.6 is 11.6 Å². The molecule has 0 aliphatic carbocycles. The number of hydrogen-bond donors (Lipinski definition) is 1. The van der Waals surface area contributed by atoms with Gasteiger partial charge in [0.2, 0.25) is 11.8 Å². The Hall–Kier alpha value is -1.44. The summed E-state index contributed by atoms with van der Waals surface area (Å²) in [4.78, 5) is 19.2. The van der Waals surface area contributed by atoms with Gasteiger partial charge in [-0.05, 0) is 0 Å². The zero-order chi connectivity index (χ0) is 13.4. The molecule has 0 aliphatic heterocycles. The molecule has 0 radical (unpaired) electrons. The minimum absolute atomic E-state index is 0.0692. The van der Waals surface area contributed by atoms with Crippen molar-refractivity contribution < 1.29 is 19.0 Å². The van der Waals surface area contributed by atoms with Crippen LogP contribution in [0.15, 0.2) is 6.07 Å². The lowest BCUT2D eigenvalue weighted by molar-refractivity contribution is -0.121. The third-order valence-electron chi connectivity index (χ3n) is 1.80. The number of nitrogens with one attached hydrogen (secondary N) is 1. The number of nitrogens with zero attached hydrogens (tertiary/aromatic N) is 2. The van der Waals surface area contributed by atoms with Gasteiger partial charge in [0.25, 0.3) is 5.91 Å². The number of amides is 1. The van der Waals surface area contributed by atoms with Crippen LogP contribution in [0.2, 0.25) is 5.15 Å². The molecule has 0 aromatic carbocycles. The monoisotopic (exact) mass is 275 g/mol. The van der Waals surface area contributed by atoms with Crippen molar-refractivity contribution in [3.63, 3.8) is 0 Å². The number of aromatic nitrogens is 2. The lowest BCUT2D eigenvalue weighted by Crippen LogP contribution is -2.21. The number of anilines is 1. The molecule has 0 aliphatic rings. The van der Waals surface area contributed by atoms with Gasteiger partial charge < -0.3 is 14.2 Å². The second kappa shape index (κ2) is 7.80. The van der Waals surface area contributed by atoms with Crippen molar-refractivity contribution >= 4 is 23.5 Å². The van der Waals surface area contributed by atoms with Crippen LogP contribution in [0.25, 0.3) is 0 Å². The maximum Gasteiger partial charge on any atom is 0.252 e. The average molecular weight is 276 g/mol. The number of carbonyl (C=O) groups excluding carboxylic acids is 1. The average Bonchev–Trinajstić information content (AvgIpc) is 2.34. The Morgan fingerprint density at radius 2 is 2.17 bits per heavy atom. The van der Waals surface area contributed by atoms with E-state index in [4.69, 9.17) is 25.8 Å². The van der Waals surface area contributed by atoms with E-state index in [0.717, 1.165) is 0 Å². The lowest BCUT2D eigenvalue weighted by atomic mass is 10.6. The molecule has 0 atom stereocenters. The highest BCUT2D eigenvalue weighted by Crippen LogP contribution is 2.15. The van der Waals surface area contributed by atoms with Crippen LogP contribution in [0.5, 0.6) is 5.88 Å². The number of hydrogen-bond acceptors (Lipinski definition) is 6. The highest BCUT2D eigenvalue weighted by Gasteiger charge is 2.07. The molecule has 0 unspecified atom stereocenters. The number of methoxy groups -OCH3 is 2. The number of halogens is 1. The molecule has 0 spiro atoms. The van der Waals surface area contributed by atoms with Crippen molar-refractivity contribution in [2.24, 2.45) is 0 Å². The molecule has 7 nitrogen and oxygen atoms in total. The molecule has 1 aromatic rings. The van der Waals surface area contributed by atoms with E-state index in [9.17, 15) is 4.79 Å². The van der Waals surface area contributed by atoms with E-state index >= 15 is 0 Å². The second-order valence-corrected chi connectivity index (χ2v) is 3.54. The Labute approximate surface area is 109 Å². The Morgan fingerprint density at radius 3 is 2.83 bits per heavy atom. The van der Waals surface area contributed by atoms with Crippen LogP contribution in [-0.4, -0.2) is 49.9 Å². The number of rotatable bonds is 7. The SMILES string of the molecule is COCCOCC(=O)Nc1nc(Cl)cc(OC)n1. The fraction of sp³-hybridized carbons (Fsp3) is 0.500. The van der Waals surface area contributed by atoms with Crippen molar-refractivity contribution in [1.29, 1.82) is 0 Å². The minimum atomic E-state index is -0.379. The van der Waals surface area contributed by atoms with Gasteiger partial charge in [0.1, 0.15) is 11.8 Å². The van der Waals surface area contributed by atoms with E-state index in [1.54, 1.807) is 7.11 Å². The third kappa shape index (κ3) is 5.26. The van der Waals surface area contributed by atoms with E-state index in [2.05, 4.69) is 15.3 Å². The maximum absolute atomic E-state index is 11.4. The predicted molar refractivity (Wildman–Crippen MR) is 64.9 cm³/mol. The molecule has 100 valence electrons. The van der Waals surface area contributed by atoms with E-state index in [1.807, 2.05) is 0 Å². The fourth-order valence-corrected chi connectivity index (χ4v) is 1.20. The molecule has 0 bridgehead atoms. The van der Waals surface area contributed by atoms with Gasteiger partial charge in [0.15, 0.2) is 0 Å². The summed E-state index contributed by atoms with van der Waals surface area (Å²) >= 11 is 5.73. The third-order valence-corrected chi connectivity index (χ3v) is 1.99.